The molecule has 1 atom stereocenters. The molecule has 0 heterocycles. The molecule has 0 radical (unpaired) electrons. The standard InChI is InChI=1S/C15H30N2O3/c1-10(2)7-11(8-12(18)19)9-17-13(20)14(3,4)15(5,6)16/h10-11H,7-9,16H2,1-6H3,(H,17,20)(H,18,19)/t11-/m0/s1. The zero-order valence-electron chi connectivity index (χ0n) is 13.6. The van der Waals surface area contributed by atoms with Crippen molar-refractivity contribution in [3.8, 4) is 0 Å². The van der Waals surface area contributed by atoms with Crippen LogP contribution in [0.1, 0.15) is 54.4 Å². The van der Waals surface area contributed by atoms with Crippen LogP contribution < -0.4 is 11.1 Å². The molecule has 0 saturated heterocycles. The molecule has 5 heteroatoms. The van der Waals surface area contributed by atoms with Crippen LogP contribution >= 0.6 is 0 Å². The highest BCUT2D eigenvalue weighted by atomic mass is 16.4. The second-order valence-corrected chi connectivity index (χ2v) is 7.15. The normalized spacial score (nSPS) is 14.2. The largest absolute Gasteiger partial charge is 0.481 e. The monoisotopic (exact) mass is 286 g/mol. The Bertz CT molecular complexity index is 344. The molecule has 1 amide bonds. The minimum absolute atomic E-state index is 0.0480. The van der Waals surface area contributed by atoms with Gasteiger partial charge in [0, 0.05) is 18.5 Å². The molecule has 0 rings (SSSR count). The highest BCUT2D eigenvalue weighted by molar-refractivity contribution is 5.83. The Morgan fingerprint density at radius 1 is 1.20 bits per heavy atom. The summed E-state index contributed by atoms with van der Waals surface area (Å²) in [6.45, 7) is 11.7. The first kappa shape index (κ1) is 18.9. The number of amides is 1. The highest BCUT2D eigenvalue weighted by Gasteiger charge is 2.40. The summed E-state index contributed by atoms with van der Waals surface area (Å²) in [4.78, 5) is 23.1. The summed E-state index contributed by atoms with van der Waals surface area (Å²) in [6.07, 6.45) is 0.851. The summed E-state index contributed by atoms with van der Waals surface area (Å²) in [7, 11) is 0. The predicted octanol–water partition coefficient (Wildman–Crippen LogP) is 2.00. The van der Waals surface area contributed by atoms with E-state index in [0.717, 1.165) is 6.42 Å². The van der Waals surface area contributed by atoms with Crippen molar-refractivity contribution in [1.29, 1.82) is 0 Å². The fourth-order valence-corrected chi connectivity index (χ4v) is 1.90. The molecule has 0 fully saturated rings. The van der Waals surface area contributed by atoms with Gasteiger partial charge in [0.25, 0.3) is 0 Å². The van der Waals surface area contributed by atoms with E-state index in [4.69, 9.17) is 10.8 Å². The molecule has 0 bridgehead atoms. The number of carboxylic acid groups (broad SMARTS) is 1. The van der Waals surface area contributed by atoms with E-state index < -0.39 is 16.9 Å². The molecule has 0 aromatic heterocycles. The van der Waals surface area contributed by atoms with Crippen molar-refractivity contribution in [2.45, 2.75) is 59.9 Å². The van der Waals surface area contributed by atoms with E-state index in [9.17, 15) is 9.59 Å². The number of hydrogen-bond donors (Lipinski definition) is 3. The molecule has 5 nitrogen and oxygen atoms in total. The van der Waals surface area contributed by atoms with Gasteiger partial charge in [0.05, 0.1) is 5.41 Å². The molecule has 0 spiro atoms. The minimum atomic E-state index is -0.830. The van der Waals surface area contributed by atoms with Crippen molar-refractivity contribution in [3.05, 3.63) is 0 Å². The number of hydrogen-bond acceptors (Lipinski definition) is 3. The molecule has 0 aliphatic carbocycles. The smallest absolute Gasteiger partial charge is 0.303 e. The van der Waals surface area contributed by atoms with Crippen molar-refractivity contribution in [1.82, 2.24) is 5.32 Å². The van der Waals surface area contributed by atoms with Gasteiger partial charge in [-0.05, 0) is 46.0 Å². The molecular formula is C15H30N2O3. The Kier molecular flexibility index (Phi) is 6.68. The second kappa shape index (κ2) is 7.07. The Morgan fingerprint density at radius 2 is 1.70 bits per heavy atom. The lowest BCUT2D eigenvalue weighted by atomic mass is 9.74. The summed E-state index contributed by atoms with van der Waals surface area (Å²) in [5.41, 5.74) is 4.68. The van der Waals surface area contributed by atoms with E-state index in [1.54, 1.807) is 13.8 Å². The molecule has 0 aliphatic rings. The predicted molar refractivity (Wildman–Crippen MR) is 80.3 cm³/mol. The molecule has 0 aliphatic heterocycles. The number of carboxylic acids is 1. The van der Waals surface area contributed by atoms with Crippen molar-refractivity contribution >= 4 is 11.9 Å². The van der Waals surface area contributed by atoms with Crippen molar-refractivity contribution in [3.63, 3.8) is 0 Å². The first-order chi connectivity index (χ1) is 8.87. The fourth-order valence-electron chi connectivity index (χ4n) is 1.90. The second-order valence-electron chi connectivity index (χ2n) is 7.15. The Labute approximate surface area is 122 Å². The summed E-state index contributed by atoms with van der Waals surface area (Å²) < 4.78 is 0. The van der Waals surface area contributed by atoms with Crippen LogP contribution in [0.25, 0.3) is 0 Å². The SMILES string of the molecule is CC(C)C[C@H](CNC(=O)C(C)(C)C(C)(C)N)CC(=O)O. The number of carbonyl (C=O) groups is 2. The molecule has 0 aromatic carbocycles. The number of aliphatic carboxylic acids is 1. The zero-order chi connectivity index (χ0) is 16.1. The van der Waals surface area contributed by atoms with Crippen molar-refractivity contribution in [2.75, 3.05) is 6.54 Å². The molecular weight excluding hydrogens is 256 g/mol. The van der Waals surface area contributed by atoms with Crippen LogP contribution in [-0.2, 0) is 9.59 Å². The van der Waals surface area contributed by atoms with Gasteiger partial charge in [0.1, 0.15) is 0 Å². The van der Waals surface area contributed by atoms with Gasteiger partial charge < -0.3 is 16.2 Å². The van der Waals surface area contributed by atoms with Crippen LogP contribution in [0.3, 0.4) is 0 Å². The summed E-state index contributed by atoms with van der Waals surface area (Å²) >= 11 is 0. The lowest BCUT2D eigenvalue weighted by Crippen LogP contribution is -2.56. The lowest BCUT2D eigenvalue weighted by Gasteiger charge is -2.37. The van der Waals surface area contributed by atoms with Crippen molar-refractivity contribution < 1.29 is 14.7 Å². The van der Waals surface area contributed by atoms with Crippen LogP contribution in [0.5, 0.6) is 0 Å². The summed E-state index contributed by atoms with van der Waals surface area (Å²) in [6, 6.07) is 0. The molecule has 0 aromatic rings. The van der Waals surface area contributed by atoms with Crippen LogP contribution in [0.15, 0.2) is 0 Å². The van der Waals surface area contributed by atoms with Gasteiger partial charge >= 0.3 is 5.97 Å². The Balaban J connectivity index is 4.62. The third kappa shape index (κ3) is 5.90. The van der Waals surface area contributed by atoms with Gasteiger partial charge in [-0.2, -0.15) is 0 Å². The number of rotatable bonds is 8. The average molecular weight is 286 g/mol. The van der Waals surface area contributed by atoms with Crippen LogP contribution in [0.4, 0.5) is 0 Å². The molecule has 20 heavy (non-hydrogen) atoms. The first-order valence-corrected chi connectivity index (χ1v) is 7.17. The Hall–Kier alpha value is -1.10. The van der Waals surface area contributed by atoms with E-state index in [1.165, 1.54) is 0 Å². The van der Waals surface area contributed by atoms with Gasteiger partial charge in [-0.25, -0.2) is 0 Å². The van der Waals surface area contributed by atoms with Gasteiger partial charge in [-0.3, -0.25) is 9.59 Å². The van der Waals surface area contributed by atoms with Crippen LogP contribution in [0.2, 0.25) is 0 Å². The van der Waals surface area contributed by atoms with Crippen LogP contribution in [-0.4, -0.2) is 29.1 Å². The fraction of sp³-hybridized carbons (Fsp3) is 0.867. The molecule has 4 N–H and O–H groups in total. The number of carbonyl (C=O) groups excluding carboxylic acids is 1. The van der Waals surface area contributed by atoms with Gasteiger partial charge in [-0.15, -0.1) is 0 Å². The Morgan fingerprint density at radius 3 is 2.05 bits per heavy atom. The molecule has 0 unspecified atom stereocenters. The van der Waals surface area contributed by atoms with E-state index in [2.05, 4.69) is 5.32 Å². The molecule has 118 valence electrons. The third-order valence-corrected chi connectivity index (χ3v) is 4.00. The average Bonchev–Trinajstić information content (AvgIpc) is 2.21. The first-order valence-electron chi connectivity index (χ1n) is 7.17. The van der Waals surface area contributed by atoms with Gasteiger partial charge in [0.15, 0.2) is 0 Å². The maximum Gasteiger partial charge on any atom is 0.303 e. The van der Waals surface area contributed by atoms with E-state index in [-0.39, 0.29) is 18.2 Å². The maximum atomic E-state index is 12.2. The van der Waals surface area contributed by atoms with E-state index >= 15 is 0 Å². The zero-order valence-corrected chi connectivity index (χ0v) is 13.6. The van der Waals surface area contributed by atoms with Crippen molar-refractivity contribution in [2.24, 2.45) is 23.0 Å². The quantitative estimate of drug-likeness (QED) is 0.636. The maximum absolute atomic E-state index is 12.2. The van der Waals surface area contributed by atoms with Crippen LogP contribution in [0, 0.1) is 17.3 Å². The van der Waals surface area contributed by atoms with Gasteiger partial charge in [0.2, 0.25) is 5.91 Å². The summed E-state index contributed by atoms with van der Waals surface area (Å²) in [5.74, 6) is -0.615. The summed E-state index contributed by atoms with van der Waals surface area (Å²) in [5, 5.41) is 11.8. The third-order valence-electron chi connectivity index (χ3n) is 4.00. The number of nitrogens with one attached hydrogen (secondary N) is 1. The topological polar surface area (TPSA) is 92.4 Å². The number of nitrogens with two attached hydrogens (primary N) is 1. The van der Waals surface area contributed by atoms with E-state index in [0.29, 0.717) is 12.5 Å². The molecule has 0 saturated carbocycles. The van der Waals surface area contributed by atoms with E-state index in [1.807, 2.05) is 27.7 Å². The minimum Gasteiger partial charge on any atom is -0.481 e. The lowest BCUT2D eigenvalue weighted by molar-refractivity contribution is -0.139. The van der Waals surface area contributed by atoms with Gasteiger partial charge in [-0.1, -0.05) is 13.8 Å². The highest BCUT2D eigenvalue weighted by Crippen LogP contribution is 2.28.